The Bertz CT molecular complexity index is 1050. The summed E-state index contributed by atoms with van der Waals surface area (Å²) < 4.78 is 7.94. The zero-order valence-corrected chi connectivity index (χ0v) is 18.3. The molecule has 1 N–H and O–H groups in total. The van der Waals surface area contributed by atoms with Gasteiger partial charge in [-0.2, -0.15) is 0 Å². The maximum Gasteiger partial charge on any atom is 0.253 e. The van der Waals surface area contributed by atoms with Crippen LogP contribution < -0.4 is 5.32 Å². The number of hydrogen-bond donors (Lipinski definition) is 1. The highest BCUT2D eigenvalue weighted by Gasteiger charge is 2.26. The fraction of sp³-hybridized carbons (Fsp3) is 0.542. The van der Waals surface area contributed by atoms with E-state index in [0.717, 1.165) is 67.3 Å². The molecule has 0 bridgehead atoms. The van der Waals surface area contributed by atoms with Gasteiger partial charge in [-0.3, -0.25) is 9.69 Å². The molecule has 5 rings (SSSR count). The summed E-state index contributed by atoms with van der Waals surface area (Å²) >= 11 is 0. The van der Waals surface area contributed by atoms with Crippen molar-refractivity contribution in [3.8, 4) is 0 Å². The quantitative estimate of drug-likeness (QED) is 0.673. The summed E-state index contributed by atoms with van der Waals surface area (Å²) in [6.07, 6.45) is 9.81. The van der Waals surface area contributed by atoms with Crippen molar-refractivity contribution in [2.75, 3.05) is 19.6 Å². The number of amides is 1. The number of imidazole rings is 1. The molecule has 0 radical (unpaired) electrons. The monoisotopic (exact) mass is 421 g/mol. The van der Waals surface area contributed by atoms with Gasteiger partial charge >= 0.3 is 0 Å². The highest BCUT2D eigenvalue weighted by molar-refractivity contribution is 6.04. The number of carbonyl (C=O) groups is 1. The third-order valence-electron chi connectivity index (χ3n) is 6.60. The Morgan fingerprint density at radius 2 is 1.94 bits per heavy atom. The second-order valence-electron chi connectivity index (χ2n) is 8.81. The van der Waals surface area contributed by atoms with Crippen molar-refractivity contribution in [1.29, 1.82) is 0 Å². The SMILES string of the molecule is Cc1cc(C(=O)NCC(c2ccco2)N2CCCCC2)c2nc3n(c2n1)CCCCC3. The number of nitrogens with one attached hydrogen (secondary N) is 1. The van der Waals surface area contributed by atoms with E-state index in [-0.39, 0.29) is 11.9 Å². The minimum Gasteiger partial charge on any atom is -0.468 e. The summed E-state index contributed by atoms with van der Waals surface area (Å²) in [6.45, 7) is 5.47. The van der Waals surface area contributed by atoms with E-state index >= 15 is 0 Å². The van der Waals surface area contributed by atoms with E-state index < -0.39 is 0 Å². The van der Waals surface area contributed by atoms with Gasteiger partial charge in [0.2, 0.25) is 0 Å². The molecule has 3 aromatic heterocycles. The minimum atomic E-state index is -0.0858. The number of fused-ring (bicyclic) bond motifs is 3. The molecule has 0 aliphatic carbocycles. The average molecular weight is 422 g/mol. The molecule has 5 heterocycles. The van der Waals surface area contributed by atoms with Crippen molar-refractivity contribution in [1.82, 2.24) is 24.8 Å². The second-order valence-corrected chi connectivity index (χ2v) is 8.81. The lowest BCUT2D eigenvalue weighted by atomic mass is 10.1. The van der Waals surface area contributed by atoms with Crippen LogP contribution in [0.4, 0.5) is 0 Å². The zero-order valence-electron chi connectivity index (χ0n) is 18.3. The zero-order chi connectivity index (χ0) is 21.2. The Morgan fingerprint density at radius 1 is 1.13 bits per heavy atom. The topological polar surface area (TPSA) is 76.2 Å². The first-order chi connectivity index (χ1) is 15.2. The van der Waals surface area contributed by atoms with Crippen LogP contribution in [0.2, 0.25) is 0 Å². The fourth-order valence-electron chi connectivity index (χ4n) is 4.99. The van der Waals surface area contributed by atoms with Gasteiger partial charge in [-0.1, -0.05) is 12.8 Å². The first-order valence-electron chi connectivity index (χ1n) is 11.6. The predicted molar refractivity (Wildman–Crippen MR) is 119 cm³/mol. The summed E-state index contributed by atoms with van der Waals surface area (Å²) in [4.78, 5) is 25.3. The Morgan fingerprint density at radius 3 is 2.74 bits per heavy atom. The molecular formula is C24H31N5O2. The molecule has 1 unspecified atom stereocenters. The number of carbonyl (C=O) groups excluding carboxylic acids is 1. The Kier molecular flexibility index (Phi) is 5.76. The molecule has 7 heteroatoms. The molecule has 31 heavy (non-hydrogen) atoms. The number of hydrogen-bond acceptors (Lipinski definition) is 5. The van der Waals surface area contributed by atoms with E-state index in [4.69, 9.17) is 14.4 Å². The van der Waals surface area contributed by atoms with E-state index in [1.807, 2.05) is 25.1 Å². The highest BCUT2D eigenvalue weighted by atomic mass is 16.3. The van der Waals surface area contributed by atoms with Crippen LogP contribution in [-0.2, 0) is 13.0 Å². The van der Waals surface area contributed by atoms with Crippen LogP contribution >= 0.6 is 0 Å². The van der Waals surface area contributed by atoms with Gasteiger partial charge in [0.25, 0.3) is 5.91 Å². The van der Waals surface area contributed by atoms with Crippen molar-refractivity contribution in [2.45, 2.75) is 64.5 Å². The summed E-state index contributed by atoms with van der Waals surface area (Å²) in [7, 11) is 0. The maximum absolute atomic E-state index is 13.3. The van der Waals surface area contributed by atoms with Crippen LogP contribution in [0.25, 0.3) is 11.2 Å². The lowest BCUT2D eigenvalue weighted by molar-refractivity contribution is 0.0915. The smallest absolute Gasteiger partial charge is 0.253 e. The molecule has 164 valence electrons. The number of piperidine rings is 1. The first kappa shape index (κ1) is 20.2. The van der Waals surface area contributed by atoms with Crippen molar-refractivity contribution < 1.29 is 9.21 Å². The van der Waals surface area contributed by atoms with Gasteiger partial charge in [-0.05, 0) is 63.9 Å². The van der Waals surface area contributed by atoms with Gasteiger partial charge in [0.1, 0.15) is 17.1 Å². The number of aryl methyl sites for hydroxylation is 3. The third-order valence-corrected chi connectivity index (χ3v) is 6.60. The summed E-state index contributed by atoms with van der Waals surface area (Å²) in [6, 6.07) is 5.85. The summed E-state index contributed by atoms with van der Waals surface area (Å²) in [5.41, 5.74) is 3.05. The van der Waals surface area contributed by atoms with E-state index in [9.17, 15) is 4.79 Å². The molecule has 1 atom stereocenters. The summed E-state index contributed by atoms with van der Waals surface area (Å²) in [5.74, 6) is 1.88. The van der Waals surface area contributed by atoms with Crippen molar-refractivity contribution in [2.24, 2.45) is 0 Å². The third kappa shape index (κ3) is 4.11. The lowest BCUT2D eigenvalue weighted by Gasteiger charge is -2.33. The second kappa shape index (κ2) is 8.83. The number of pyridine rings is 1. The number of aromatic nitrogens is 3. The van der Waals surface area contributed by atoms with Gasteiger partial charge in [0.05, 0.1) is 17.9 Å². The maximum atomic E-state index is 13.3. The van der Waals surface area contributed by atoms with Crippen molar-refractivity contribution in [3.05, 3.63) is 47.3 Å². The Labute approximate surface area is 182 Å². The van der Waals surface area contributed by atoms with Gasteiger partial charge in [-0.15, -0.1) is 0 Å². The van der Waals surface area contributed by atoms with E-state index in [0.29, 0.717) is 12.1 Å². The largest absolute Gasteiger partial charge is 0.468 e. The van der Waals surface area contributed by atoms with Gasteiger partial charge in [0.15, 0.2) is 5.65 Å². The average Bonchev–Trinajstić information content (AvgIpc) is 3.36. The molecule has 0 spiro atoms. The first-order valence-corrected chi connectivity index (χ1v) is 11.6. The molecule has 1 fully saturated rings. The molecule has 3 aromatic rings. The van der Waals surface area contributed by atoms with Crippen LogP contribution in [0.15, 0.2) is 28.9 Å². The van der Waals surface area contributed by atoms with E-state index in [1.54, 1.807) is 6.26 Å². The predicted octanol–water partition coefficient (Wildman–Crippen LogP) is 4.02. The molecular weight excluding hydrogens is 390 g/mol. The van der Waals surface area contributed by atoms with Gasteiger partial charge < -0.3 is 14.3 Å². The molecule has 2 aliphatic rings. The van der Waals surface area contributed by atoms with Crippen LogP contribution in [0, 0.1) is 6.92 Å². The Balaban J connectivity index is 1.40. The normalized spacial score (nSPS) is 18.5. The van der Waals surface area contributed by atoms with Crippen molar-refractivity contribution >= 4 is 17.1 Å². The number of likely N-dealkylation sites (tertiary alicyclic amines) is 1. The van der Waals surface area contributed by atoms with Crippen LogP contribution in [-0.4, -0.2) is 45.0 Å². The molecule has 1 amide bonds. The van der Waals surface area contributed by atoms with Gasteiger partial charge in [-0.25, -0.2) is 9.97 Å². The van der Waals surface area contributed by atoms with Gasteiger partial charge in [0, 0.05) is 25.2 Å². The van der Waals surface area contributed by atoms with Crippen molar-refractivity contribution in [3.63, 3.8) is 0 Å². The highest BCUT2D eigenvalue weighted by Crippen LogP contribution is 2.26. The minimum absolute atomic E-state index is 0.0522. The molecule has 0 saturated carbocycles. The summed E-state index contributed by atoms with van der Waals surface area (Å²) in [5, 5.41) is 3.18. The Hall–Kier alpha value is -2.67. The van der Waals surface area contributed by atoms with Crippen LogP contribution in [0.5, 0.6) is 0 Å². The molecule has 2 aliphatic heterocycles. The molecule has 1 saturated heterocycles. The number of rotatable bonds is 5. The van der Waals surface area contributed by atoms with E-state index in [2.05, 4.69) is 14.8 Å². The van der Waals surface area contributed by atoms with Crippen LogP contribution in [0.1, 0.15) is 72.2 Å². The molecule has 7 nitrogen and oxygen atoms in total. The number of nitrogens with zero attached hydrogens (tertiary/aromatic N) is 4. The standard InChI is InChI=1S/C24H31N5O2/c1-17-15-18(22-23(26-17)29-13-7-2-4-10-21(29)27-22)24(30)25-16-19(20-9-8-14-31-20)28-11-5-3-6-12-28/h8-9,14-15,19H,2-7,10-13,16H2,1H3,(H,25,30). The molecule has 0 aromatic carbocycles. The van der Waals surface area contributed by atoms with Crippen LogP contribution in [0.3, 0.4) is 0 Å². The fourth-order valence-corrected chi connectivity index (χ4v) is 4.99. The lowest BCUT2D eigenvalue weighted by Crippen LogP contribution is -2.40. The number of furan rings is 1. The van der Waals surface area contributed by atoms with E-state index in [1.165, 1.54) is 25.7 Å².